The molecule has 1 saturated heterocycles. The average molecular weight is 159 g/mol. The fourth-order valence-electron chi connectivity index (χ4n) is 1.45. The van der Waals surface area contributed by atoms with Gasteiger partial charge in [-0.2, -0.15) is 0 Å². The maximum atomic E-state index is 10.6. The van der Waals surface area contributed by atoms with Crippen molar-refractivity contribution < 1.29 is 14.6 Å². The Labute approximate surface area is 65.8 Å². The summed E-state index contributed by atoms with van der Waals surface area (Å²) in [5.41, 5.74) is 0. The minimum Gasteiger partial charge on any atom is -0.465 e. The highest BCUT2D eigenvalue weighted by atomic mass is 16.5. The molecule has 1 amide bonds. The van der Waals surface area contributed by atoms with Gasteiger partial charge in [0, 0.05) is 13.7 Å². The highest BCUT2D eigenvalue weighted by Gasteiger charge is 2.27. The van der Waals surface area contributed by atoms with Crippen molar-refractivity contribution >= 4 is 6.09 Å². The molecule has 1 unspecified atom stereocenters. The minimum absolute atomic E-state index is 0.0810. The predicted octanol–water partition coefficient (Wildman–Crippen LogP) is 0.775. The van der Waals surface area contributed by atoms with Gasteiger partial charge in [0.1, 0.15) is 0 Å². The zero-order valence-electron chi connectivity index (χ0n) is 6.62. The molecule has 0 aromatic heterocycles. The number of hydrogen-bond donors (Lipinski definition) is 1. The molecule has 0 aromatic rings. The molecule has 0 bridgehead atoms. The van der Waals surface area contributed by atoms with E-state index in [1.54, 1.807) is 7.11 Å². The number of carbonyl (C=O) groups is 1. The van der Waals surface area contributed by atoms with Gasteiger partial charge in [-0.3, -0.25) is 0 Å². The molecule has 0 spiro atoms. The Morgan fingerprint density at radius 3 is 3.09 bits per heavy atom. The molecule has 4 heteroatoms. The summed E-state index contributed by atoms with van der Waals surface area (Å²) < 4.78 is 4.90. The van der Waals surface area contributed by atoms with E-state index in [1.807, 2.05) is 0 Å². The Bertz CT molecular complexity index is 149. The van der Waals surface area contributed by atoms with Crippen molar-refractivity contribution in [2.24, 2.45) is 0 Å². The standard InChI is InChI=1S/C7H13NO3/c1-11-5-6-3-2-4-8(6)7(9)10/h6H,2-5H2,1H3,(H,9,10). The topological polar surface area (TPSA) is 49.8 Å². The molecule has 1 fully saturated rings. The van der Waals surface area contributed by atoms with E-state index < -0.39 is 6.09 Å². The van der Waals surface area contributed by atoms with E-state index in [0.717, 1.165) is 12.8 Å². The van der Waals surface area contributed by atoms with Gasteiger partial charge < -0.3 is 14.7 Å². The second kappa shape index (κ2) is 3.57. The van der Waals surface area contributed by atoms with Crippen molar-refractivity contribution in [3.8, 4) is 0 Å². The van der Waals surface area contributed by atoms with Crippen LogP contribution in [0.3, 0.4) is 0 Å². The van der Waals surface area contributed by atoms with E-state index in [2.05, 4.69) is 0 Å². The van der Waals surface area contributed by atoms with Gasteiger partial charge in [0.15, 0.2) is 0 Å². The maximum Gasteiger partial charge on any atom is 0.407 e. The fourth-order valence-corrected chi connectivity index (χ4v) is 1.45. The predicted molar refractivity (Wildman–Crippen MR) is 39.6 cm³/mol. The van der Waals surface area contributed by atoms with Gasteiger partial charge in [-0.25, -0.2) is 4.79 Å². The van der Waals surface area contributed by atoms with Crippen LogP contribution in [0, 0.1) is 0 Å². The van der Waals surface area contributed by atoms with Crippen molar-refractivity contribution in [3.05, 3.63) is 0 Å². The number of nitrogens with zero attached hydrogens (tertiary/aromatic N) is 1. The summed E-state index contributed by atoms with van der Waals surface area (Å²) >= 11 is 0. The van der Waals surface area contributed by atoms with Crippen LogP contribution in [0.25, 0.3) is 0 Å². The molecule has 1 N–H and O–H groups in total. The van der Waals surface area contributed by atoms with Gasteiger partial charge in [-0.1, -0.05) is 0 Å². The Morgan fingerprint density at radius 2 is 2.55 bits per heavy atom. The minimum atomic E-state index is -0.829. The van der Waals surface area contributed by atoms with Crippen LogP contribution in [0.2, 0.25) is 0 Å². The molecule has 1 rings (SSSR count). The summed E-state index contributed by atoms with van der Waals surface area (Å²) in [4.78, 5) is 12.0. The van der Waals surface area contributed by atoms with Crippen molar-refractivity contribution in [1.82, 2.24) is 4.90 Å². The molecule has 1 aliphatic rings. The monoisotopic (exact) mass is 159 g/mol. The van der Waals surface area contributed by atoms with Gasteiger partial charge in [0.2, 0.25) is 0 Å². The number of likely N-dealkylation sites (tertiary alicyclic amines) is 1. The number of rotatable bonds is 2. The van der Waals surface area contributed by atoms with Gasteiger partial charge in [-0.15, -0.1) is 0 Å². The normalized spacial score (nSPS) is 24.1. The van der Waals surface area contributed by atoms with Crippen LogP contribution in [0.1, 0.15) is 12.8 Å². The van der Waals surface area contributed by atoms with E-state index in [1.165, 1.54) is 4.90 Å². The number of ether oxygens (including phenoxy) is 1. The molecule has 64 valence electrons. The number of methoxy groups -OCH3 is 1. The summed E-state index contributed by atoms with van der Waals surface area (Å²) in [5.74, 6) is 0. The van der Waals surface area contributed by atoms with Crippen molar-refractivity contribution in [3.63, 3.8) is 0 Å². The largest absolute Gasteiger partial charge is 0.465 e. The molecule has 1 heterocycles. The average Bonchev–Trinajstić information content (AvgIpc) is 2.36. The van der Waals surface area contributed by atoms with Crippen molar-refractivity contribution in [2.45, 2.75) is 18.9 Å². The number of hydrogen-bond acceptors (Lipinski definition) is 2. The van der Waals surface area contributed by atoms with E-state index >= 15 is 0 Å². The molecule has 0 aliphatic carbocycles. The summed E-state index contributed by atoms with van der Waals surface area (Å²) in [6.45, 7) is 1.18. The van der Waals surface area contributed by atoms with Crippen LogP contribution < -0.4 is 0 Å². The highest BCUT2D eigenvalue weighted by molar-refractivity contribution is 5.65. The SMILES string of the molecule is COCC1CCCN1C(=O)O. The van der Waals surface area contributed by atoms with Gasteiger partial charge in [0.25, 0.3) is 0 Å². The van der Waals surface area contributed by atoms with Crippen molar-refractivity contribution in [1.29, 1.82) is 0 Å². The zero-order chi connectivity index (χ0) is 8.27. The maximum absolute atomic E-state index is 10.6. The summed E-state index contributed by atoms with van der Waals surface area (Å²) in [7, 11) is 1.60. The lowest BCUT2D eigenvalue weighted by Crippen LogP contribution is -2.36. The molecule has 11 heavy (non-hydrogen) atoms. The molecular weight excluding hydrogens is 146 g/mol. The Morgan fingerprint density at radius 1 is 1.82 bits per heavy atom. The molecule has 4 nitrogen and oxygen atoms in total. The third kappa shape index (κ3) is 1.83. The molecular formula is C7H13NO3. The third-order valence-electron chi connectivity index (χ3n) is 1.98. The molecule has 1 aliphatic heterocycles. The second-order valence-electron chi connectivity index (χ2n) is 2.73. The van der Waals surface area contributed by atoms with Crippen LogP contribution in [-0.2, 0) is 4.74 Å². The highest BCUT2D eigenvalue weighted by Crippen LogP contribution is 2.16. The van der Waals surface area contributed by atoms with Crippen LogP contribution in [-0.4, -0.2) is 42.4 Å². The lowest BCUT2D eigenvalue weighted by Gasteiger charge is -2.20. The van der Waals surface area contributed by atoms with Gasteiger partial charge in [-0.05, 0) is 12.8 Å². The lowest BCUT2D eigenvalue weighted by atomic mass is 10.2. The second-order valence-corrected chi connectivity index (χ2v) is 2.73. The quantitative estimate of drug-likeness (QED) is 0.647. The summed E-state index contributed by atoms with van der Waals surface area (Å²) in [6, 6.07) is 0.0810. The third-order valence-corrected chi connectivity index (χ3v) is 1.98. The smallest absolute Gasteiger partial charge is 0.407 e. The molecule has 0 aromatic carbocycles. The first-order valence-electron chi connectivity index (χ1n) is 3.74. The van der Waals surface area contributed by atoms with Crippen LogP contribution >= 0.6 is 0 Å². The van der Waals surface area contributed by atoms with E-state index in [0.29, 0.717) is 13.2 Å². The fraction of sp³-hybridized carbons (Fsp3) is 0.857. The van der Waals surface area contributed by atoms with Crippen LogP contribution in [0.4, 0.5) is 4.79 Å². The van der Waals surface area contributed by atoms with Crippen LogP contribution in [0.5, 0.6) is 0 Å². The zero-order valence-corrected chi connectivity index (χ0v) is 6.62. The molecule has 0 radical (unpaired) electrons. The Kier molecular flexibility index (Phi) is 2.70. The van der Waals surface area contributed by atoms with Gasteiger partial charge in [0.05, 0.1) is 12.6 Å². The summed E-state index contributed by atoms with van der Waals surface area (Å²) in [5, 5.41) is 8.68. The Hall–Kier alpha value is -0.770. The molecule has 1 atom stereocenters. The first kappa shape index (κ1) is 8.33. The Balaban J connectivity index is 2.44. The van der Waals surface area contributed by atoms with E-state index in [4.69, 9.17) is 9.84 Å². The van der Waals surface area contributed by atoms with Crippen molar-refractivity contribution in [2.75, 3.05) is 20.3 Å². The van der Waals surface area contributed by atoms with E-state index in [9.17, 15) is 4.79 Å². The first-order chi connectivity index (χ1) is 5.25. The summed E-state index contributed by atoms with van der Waals surface area (Å²) in [6.07, 6.45) is 1.06. The van der Waals surface area contributed by atoms with Crippen LogP contribution in [0.15, 0.2) is 0 Å². The molecule has 0 saturated carbocycles. The number of carboxylic acid groups (broad SMARTS) is 1. The van der Waals surface area contributed by atoms with E-state index in [-0.39, 0.29) is 6.04 Å². The lowest BCUT2D eigenvalue weighted by molar-refractivity contribution is 0.0991. The van der Waals surface area contributed by atoms with Gasteiger partial charge >= 0.3 is 6.09 Å². The first-order valence-corrected chi connectivity index (χ1v) is 3.74. The number of amides is 1.